The lowest BCUT2D eigenvalue weighted by Gasteiger charge is -2.23. The Balaban J connectivity index is 2.12. The summed E-state index contributed by atoms with van der Waals surface area (Å²) in [5.74, 6) is 0. The summed E-state index contributed by atoms with van der Waals surface area (Å²) in [4.78, 5) is 2.47. The monoisotopic (exact) mass is 184 g/mol. The van der Waals surface area contributed by atoms with E-state index in [4.69, 9.17) is 0 Å². The molecule has 0 radical (unpaired) electrons. The molecule has 1 aliphatic heterocycles. The van der Waals surface area contributed by atoms with Crippen molar-refractivity contribution >= 4 is 0 Å². The van der Waals surface area contributed by atoms with E-state index in [1.165, 1.54) is 19.4 Å². The molecular formula is C11H24N2. The highest BCUT2D eigenvalue weighted by atomic mass is 15.2. The zero-order chi connectivity index (χ0) is 9.90. The molecule has 78 valence electrons. The van der Waals surface area contributed by atoms with Gasteiger partial charge in [-0.05, 0) is 31.8 Å². The highest BCUT2D eigenvalue weighted by Gasteiger charge is 2.20. The van der Waals surface area contributed by atoms with Gasteiger partial charge in [0, 0.05) is 19.1 Å². The van der Waals surface area contributed by atoms with Crippen LogP contribution in [-0.4, -0.2) is 37.6 Å². The van der Waals surface area contributed by atoms with Crippen LogP contribution in [0.25, 0.3) is 0 Å². The first-order valence-corrected chi connectivity index (χ1v) is 5.40. The first-order chi connectivity index (χ1) is 5.99. The molecule has 1 saturated heterocycles. The van der Waals surface area contributed by atoms with E-state index < -0.39 is 0 Å². The van der Waals surface area contributed by atoms with Gasteiger partial charge >= 0.3 is 0 Å². The molecule has 0 spiro atoms. The fourth-order valence-electron chi connectivity index (χ4n) is 1.85. The van der Waals surface area contributed by atoms with Crippen molar-refractivity contribution in [1.82, 2.24) is 10.2 Å². The molecule has 0 amide bonds. The summed E-state index contributed by atoms with van der Waals surface area (Å²) in [6.45, 7) is 10.4. The maximum Gasteiger partial charge on any atom is 0.0218 e. The summed E-state index contributed by atoms with van der Waals surface area (Å²) in [5.41, 5.74) is 0.414. The smallest absolute Gasteiger partial charge is 0.0218 e. The maximum atomic E-state index is 3.56. The predicted molar refractivity (Wildman–Crippen MR) is 58.0 cm³/mol. The Morgan fingerprint density at radius 3 is 2.54 bits per heavy atom. The summed E-state index contributed by atoms with van der Waals surface area (Å²) in [7, 11) is 2.23. The Morgan fingerprint density at radius 2 is 2.08 bits per heavy atom. The van der Waals surface area contributed by atoms with Gasteiger partial charge in [0.05, 0.1) is 0 Å². The van der Waals surface area contributed by atoms with Crippen LogP contribution >= 0.6 is 0 Å². The van der Waals surface area contributed by atoms with Crippen molar-refractivity contribution in [3.63, 3.8) is 0 Å². The minimum absolute atomic E-state index is 0.414. The summed E-state index contributed by atoms with van der Waals surface area (Å²) in [5, 5.41) is 3.56. The van der Waals surface area contributed by atoms with E-state index in [2.05, 4.69) is 38.0 Å². The zero-order valence-corrected chi connectivity index (χ0v) is 9.56. The van der Waals surface area contributed by atoms with Gasteiger partial charge < -0.3 is 10.2 Å². The molecule has 1 atom stereocenters. The van der Waals surface area contributed by atoms with E-state index in [0.717, 1.165) is 19.1 Å². The van der Waals surface area contributed by atoms with E-state index in [-0.39, 0.29) is 0 Å². The number of rotatable bonds is 3. The van der Waals surface area contributed by atoms with Gasteiger partial charge in [-0.2, -0.15) is 0 Å². The average Bonchev–Trinajstić information content (AvgIpc) is 2.34. The Hall–Kier alpha value is -0.0800. The molecule has 0 aromatic heterocycles. The summed E-state index contributed by atoms with van der Waals surface area (Å²) in [6.07, 6.45) is 2.74. The fraction of sp³-hybridized carbons (Fsp3) is 1.00. The molecule has 1 unspecified atom stereocenters. The number of nitrogens with one attached hydrogen (secondary N) is 1. The van der Waals surface area contributed by atoms with Crippen LogP contribution in [-0.2, 0) is 0 Å². The molecule has 0 aliphatic carbocycles. The van der Waals surface area contributed by atoms with Crippen LogP contribution in [0.1, 0.15) is 33.6 Å². The molecular weight excluding hydrogens is 160 g/mol. The number of likely N-dealkylation sites (tertiary alicyclic amines) is 1. The SMILES string of the molecule is CN1CCCC1CNCC(C)(C)C. The molecule has 0 saturated carbocycles. The maximum absolute atomic E-state index is 3.56. The van der Waals surface area contributed by atoms with Crippen molar-refractivity contribution in [2.24, 2.45) is 5.41 Å². The van der Waals surface area contributed by atoms with E-state index in [9.17, 15) is 0 Å². The van der Waals surface area contributed by atoms with Crippen molar-refractivity contribution < 1.29 is 0 Å². The molecule has 13 heavy (non-hydrogen) atoms. The molecule has 0 aromatic rings. The van der Waals surface area contributed by atoms with Crippen LogP contribution in [0.4, 0.5) is 0 Å². The van der Waals surface area contributed by atoms with E-state index in [0.29, 0.717) is 5.41 Å². The Bertz CT molecular complexity index is 149. The van der Waals surface area contributed by atoms with E-state index in [1.807, 2.05) is 0 Å². The van der Waals surface area contributed by atoms with Gasteiger partial charge in [0.2, 0.25) is 0 Å². The molecule has 1 aliphatic rings. The predicted octanol–water partition coefficient (Wildman–Crippen LogP) is 1.72. The fourth-order valence-corrected chi connectivity index (χ4v) is 1.85. The molecule has 1 N–H and O–H groups in total. The Labute approximate surface area is 82.7 Å². The molecule has 2 nitrogen and oxygen atoms in total. The van der Waals surface area contributed by atoms with Gasteiger partial charge in [-0.25, -0.2) is 0 Å². The third-order valence-corrected chi connectivity index (χ3v) is 2.71. The second kappa shape index (κ2) is 4.43. The summed E-state index contributed by atoms with van der Waals surface area (Å²) < 4.78 is 0. The van der Waals surface area contributed by atoms with Gasteiger partial charge in [0.1, 0.15) is 0 Å². The lowest BCUT2D eigenvalue weighted by molar-refractivity contribution is 0.284. The van der Waals surface area contributed by atoms with E-state index >= 15 is 0 Å². The molecule has 1 fully saturated rings. The zero-order valence-electron chi connectivity index (χ0n) is 9.56. The van der Waals surface area contributed by atoms with Crippen LogP contribution < -0.4 is 5.32 Å². The van der Waals surface area contributed by atoms with Crippen LogP contribution in [0.3, 0.4) is 0 Å². The third-order valence-electron chi connectivity index (χ3n) is 2.71. The van der Waals surface area contributed by atoms with Gasteiger partial charge in [-0.15, -0.1) is 0 Å². The lowest BCUT2D eigenvalue weighted by Crippen LogP contribution is -2.38. The van der Waals surface area contributed by atoms with Crippen LogP contribution in [0.15, 0.2) is 0 Å². The van der Waals surface area contributed by atoms with Crippen LogP contribution in [0, 0.1) is 5.41 Å². The number of hydrogen-bond acceptors (Lipinski definition) is 2. The minimum atomic E-state index is 0.414. The standard InChI is InChI=1S/C11H24N2/c1-11(2,3)9-12-8-10-6-5-7-13(10)4/h10,12H,5-9H2,1-4H3. The van der Waals surface area contributed by atoms with Gasteiger partial charge in [0.25, 0.3) is 0 Å². The van der Waals surface area contributed by atoms with E-state index in [1.54, 1.807) is 0 Å². The van der Waals surface area contributed by atoms with Crippen molar-refractivity contribution in [3.8, 4) is 0 Å². The van der Waals surface area contributed by atoms with Crippen LogP contribution in [0.2, 0.25) is 0 Å². The van der Waals surface area contributed by atoms with Crippen molar-refractivity contribution in [2.75, 3.05) is 26.7 Å². The first-order valence-electron chi connectivity index (χ1n) is 5.40. The van der Waals surface area contributed by atoms with Gasteiger partial charge in [-0.3, -0.25) is 0 Å². The Morgan fingerprint density at radius 1 is 1.38 bits per heavy atom. The van der Waals surface area contributed by atoms with Crippen molar-refractivity contribution in [3.05, 3.63) is 0 Å². The quantitative estimate of drug-likeness (QED) is 0.718. The number of nitrogens with zero attached hydrogens (tertiary/aromatic N) is 1. The topological polar surface area (TPSA) is 15.3 Å². The van der Waals surface area contributed by atoms with Crippen molar-refractivity contribution in [1.29, 1.82) is 0 Å². The molecule has 1 rings (SSSR count). The second-order valence-corrected chi connectivity index (χ2v) is 5.47. The highest BCUT2D eigenvalue weighted by Crippen LogP contribution is 2.15. The Kier molecular flexibility index (Phi) is 3.74. The second-order valence-electron chi connectivity index (χ2n) is 5.47. The molecule has 1 heterocycles. The minimum Gasteiger partial charge on any atom is -0.315 e. The number of hydrogen-bond donors (Lipinski definition) is 1. The summed E-state index contributed by atoms with van der Waals surface area (Å²) in [6, 6.07) is 0.780. The summed E-state index contributed by atoms with van der Waals surface area (Å²) >= 11 is 0. The highest BCUT2D eigenvalue weighted by molar-refractivity contribution is 4.79. The third kappa shape index (κ3) is 4.10. The average molecular weight is 184 g/mol. The van der Waals surface area contributed by atoms with Crippen molar-refractivity contribution in [2.45, 2.75) is 39.7 Å². The first kappa shape index (κ1) is 11.0. The van der Waals surface area contributed by atoms with Gasteiger partial charge in [0.15, 0.2) is 0 Å². The molecule has 0 bridgehead atoms. The normalized spacial score (nSPS) is 25.4. The van der Waals surface area contributed by atoms with Gasteiger partial charge in [-0.1, -0.05) is 20.8 Å². The lowest BCUT2D eigenvalue weighted by atomic mass is 9.97. The number of likely N-dealkylation sites (N-methyl/N-ethyl adjacent to an activating group) is 1. The largest absolute Gasteiger partial charge is 0.315 e. The molecule has 2 heteroatoms. The molecule has 0 aromatic carbocycles. The van der Waals surface area contributed by atoms with Crippen LogP contribution in [0.5, 0.6) is 0 Å².